The Morgan fingerprint density at radius 1 is 1.15 bits per heavy atom. The molecule has 0 saturated heterocycles. The molecule has 0 atom stereocenters. The third-order valence-electron chi connectivity index (χ3n) is 4.46. The van der Waals surface area contributed by atoms with Crippen LogP contribution in [0.5, 0.6) is 23.0 Å². The first kappa shape index (κ1) is 16.0. The van der Waals surface area contributed by atoms with E-state index in [2.05, 4.69) is 0 Å². The summed E-state index contributed by atoms with van der Waals surface area (Å²) in [5.74, 6) is 0.430. The second-order valence-electron chi connectivity index (χ2n) is 6.01. The Morgan fingerprint density at radius 3 is 2.69 bits per heavy atom. The summed E-state index contributed by atoms with van der Waals surface area (Å²) in [6.07, 6.45) is 1.87. The number of phenols is 2. The van der Waals surface area contributed by atoms with Crippen LogP contribution in [0.25, 0.3) is 11.0 Å². The summed E-state index contributed by atoms with van der Waals surface area (Å²) in [4.78, 5) is 24.1. The van der Waals surface area contributed by atoms with E-state index in [4.69, 9.17) is 13.9 Å². The molecule has 0 unspecified atom stereocenters. The Balaban J connectivity index is 1.86. The molecule has 0 fully saturated rings. The molecule has 2 aromatic carbocycles. The van der Waals surface area contributed by atoms with Gasteiger partial charge in [0.2, 0.25) is 6.79 Å². The average molecular weight is 354 g/mol. The van der Waals surface area contributed by atoms with Crippen molar-refractivity contribution in [1.29, 1.82) is 0 Å². The van der Waals surface area contributed by atoms with Crippen molar-refractivity contribution in [2.45, 2.75) is 13.3 Å². The minimum atomic E-state index is -0.465. The zero-order chi connectivity index (χ0) is 18.4. The quantitative estimate of drug-likeness (QED) is 0.696. The van der Waals surface area contributed by atoms with Gasteiger partial charge in [0.25, 0.3) is 0 Å². The number of rotatable bonds is 3. The van der Waals surface area contributed by atoms with Gasteiger partial charge in [-0.3, -0.25) is 9.59 Å². The van der Waals surface area contributed by atoms with Gasteiger partial charge in [0.15, 0.2) is 28.8 Å². The van der Waals surface area contributed by atoms with Gasteiger partial charge in [0, 0.05) is 17.5 Å². The Hall–Kier alpha value is -3.48. The normalized spacial score (nSPS) is 12.5. The first-order valence-electron chi connectivity index (χ1n) is 7.83. The van der Waals surface area contributed by atoms with Gasteiger partial charge in [-0.2, -0.15) is 0 Å². The number of aromatic hydroxyl groups is 2. The van der Waals surface area contributed by atoms with Crippen LogP contribution in [-0.4, -0.2) is 23.3 Å². The topological polar surface area (TPSA) is 106 Å². The third kappa shape index (κ3) is 2.28. The molecule has 3 aromatic rings. The van der Waals surface area contributed by atoms with Gasteiger partial charge in [0.05, 0.1) is 6.26 Å². The summed E-state index contributed by atoms with van der Waals surface area (Å²) in [5, 5.41) is 20.1. The monoisotopic (exact) mass is 354 g/mol. The van der Waals surface area contributed by atoms with E-state index in [9.17, 15) is 19.8 Å². The highest BCUT2D eigenvalue weighted by atomic mass is 16.7. The number of aldehydes is 1. The van der Waals surface area contributed by atoms with E-state index >= 15 is 0 Å². The molecule has 1 aliphatic rings. The number of hydrogen-bond acceptors (Lipinski definition) is 7. The SMILES string of the molecule is Cc1c(O)c(C=O)c2occ(Cc3ccc4c(c3)OCO4)c(=O)c2c1O. The highest BCUT2D eigenvalue weighted by Gasteiger charge is 2.22. The van der Waals surface area contributed by atoms with Crippen molar-refractivity contribution >= 4 is 17.3 Å². The number of fused-ring (bicyclic) bond motifs is 2. The molecule has 0 bridgehead atoms. The van der Waals surface area contributed by atoms with Crippen LogP contribution in [0, 0.1) is 6.92 Å². The summed E-state index contributed by atoms with van der Waals surface area (Å²) < 4.78 is 16.0. The molecule has 2 heterocycles. The Morgan fingerprint density at radius 2 is 1.92 bits per heavy atom. The van der Waals surface area contributed by atoms with Gasteiger partial charge < -0.3 is 24.1 Å². The molecule has 1 aromatic heterocycles. The lowest BCUT2D eigenvalue weighted by Gasteiger charge is -2.10. The maximum atomic E-state index is 12.8. The summed E-state index contributed by atoms with van der Waals surface area (Å²) >= 11 is 0. The lowest BCUT2D eigenvalue weighted by Crippen LogP contribution is -2.11. The van der Waals surface area contributed by atoms with Gasteiger partial charge >= 0.3 is 0 Å². The number of hydrogen-bond donors (Lipinski definition) is 2. The third-order valence-corrected chi connectivity index (χ3v) is 4.46. The molecular weight excluding hydrogens is 340 g/mol. The first-order valence-corrected chi connectivity index (χ1v) is 7.83. The number of ether oxygens (including phenoxy) is 2. The van der Waals surface area contributed by atoms with Crippen LogP contribution in [-0.2, 0) is 6.42 Å². The van der Waals surface area contributed by atoms with Crippen LogP contribution in [0.4, 0.5) is 0 Å². The van der Waals surface area contributed by atoms with E-state index in [1.165, 1.54) is 13.2 Å². The lowest BCUT2D eigenvalue weighted by atomic mass is 10.00. The van der Waals surface area contributed by atoms with Gasteiger partial charge in [0.1, 0.15) is 22.4 Å². The van der Waals surface area contributed by atoms with E-state index in [0.717, 1.165) is 5.56 Å². The molecular formula is C19H14O7. The fourth-order valence-electron chi connectivity index (χ4n) is 3.03. The summed E-state index contributed by atoms with van der Waals surface area (Å²) in [6, 6.07) is 5.32. The summed E-state index contributed by atoms with van der Waals surface area (Å²) in [5.41, 5.74) is 0.377. The standard InChI is InChI=1S/C19H14O7/c1-9-16(21)12(6-20)19-15(17(9)22)18(23)11(7-24-19)4-10-2-3-13-14(5-10)26-8-25-13/h2-3,5-7,21-22H,4,8H2,1H3. The second-order valence-corrected chi connectivity index (χ2v) is 6.01. The average Bonchev–Trinajstić information content (AvgIpc) is 3.10. The highest BCUT2D eigenvalue weighted by molar-refractivity contribution is 6.01. The lowest BCUT2D eigenvalue weighted by molar-refractivity contribution is 0.112. The van der Waals surface area contributed by atoms with E-state index < -0.39 is 16.9 Å². The summed E-state index contributed by atoms with van der Waals surface area (Å²) in [6.45, 7) is 1.57. The number of carbonyl (C=O) groups is 1. The Labute approximate surface area is 147 Å². The molecule has 2 N–H and O–H groups in total. The highest BCUT2D eigenvalue weighted by Crippen LogP contribution is 2.37. The molecule has 1 aliphatic heterocycles. The van der Waals surface area contributed by atoms with E-state index in [-0.39, 0.29) is 35.3 Å². The Bertz CT molecular complexity index is 1110. The second kappa shape index (κ2) is 5.80. The fourth-order valence-corrected chi connectivity index (χ4v) is 3.03. The van der Waals surface area contributed by atoms with Gasteiger partial charge in [-0.25, -0.2) is 0 Å². The fraction of sp³-hybridized carbons (Fsp3) is 0.158. The van der Waals surface area contributed by atoms with E-state index in [1.54, 1.807) is 18.2 Å². The number of carbonyl (C=O) groups excluding carboxylic acids is 1. The minimum absolute atomic E-state index is 0.0483. The smallest absolute Gasteiger partial charge is 0.231 e. The van der Waals surface area contributed by atoms with Crippen LogP contribution >= 0.6 is 0 Å². The van der Waals surface area contributed by atoms with Crippen molar-refractivity contribution in [2.75, 3.05) is 6.79 Å². The maximum Gasteiger partial charge on any atom is 0.231 e. The minimum Gasteiger partial charge on any atom is -0.507 e. The van der Waals surface area contributed by atoms with Crippen LogP contribution in [0.15, 0.2) is 33.7 Å². The predicted molar refractivity (Wildman–Crippen MR) is 91.3 cm³/mol. The number of benzene rings is 2. The van der Waals surface area contributed by atoms with Crippen molar-refractivity contribution in [1.82, 2.24) is 0 Å². The summed E-state index contributed by atoms with van der Waals surface area (Å²) in [7, 11) is 0. The van der Waals surface area contributed by atoms with Crippen molar-refractivity contribution in [3.63, 3.8) is 0 Å². The molecule has 0 amide bonds. The first-order chi connectivity index (χ1) is 12.5. The molecule has 0 spiro atoms. The van der Waals surface area contributed by atoms with Gasteiger partial charge in [-0.15, -0.1) is 0 Å². The largest absolute Gasteiger partial charge is 0.507 e. The van der Waals surface area contributed by atoms with Crippen molar-refractivity contribution in [3.8, 4) is 23.0 Å². The van der Waals surface area contributed by atoms with Crippen LogP contribution < -0.4 is 14.9 Å². The zero-order valence-electron chi connectivity index (χ0n) is 13.7. The molecule has 0 radical (unpaired) electrons. The van der Waals surface area contributed by atoms with E-state index in [0.29, 0.717) is 23.3 Å². The molecule has 7 nitrogen and oxygen atoms in total. The zero-order valence-corrected chi connectivity index (χ0v) is 13.7. The molecule has 7 heteroatoms. The van der Waals surface area contributed by atoms with E-state index in [1.807, 2.05) is 0 Å². The van der Waals surface area contributed by atoms with Gasteiger partial charge in [-0.05, 0) is 24.6 Å². The van der Waals surface area contributed by atoms with Crippen molar-refractivity contribution in [3.05, 3.63) is 56.9 Å². The van der Waals surface area contributed by atoms with Crippen LogP contribution in [0.1, 0.15) is 27.0 Å². The molecule has 4 rings (SSSR count). The van der Waals surface area contributed by atoms with Crippen molar-refractivity contribution < 1.29 is 28.9 Å². The molecule has 26 heavy (non-hydrogen) atoms. The maximum absolute atomic E-state index is 12.8. The van der Waals surface area contributed by atoms with Gasteiger partial charge in [-0.1, -0.05) is 6.07 Å². The number of phenolic OH excluding ortho intramolecular Hbond substituents is 2. The molecule has 132 valence electrons. The molecule has 0 aliphatic carbocycles. The van der Waals surface area contributed by atoms with Crippen molar-refractivity contribution in [2.24, 2.45) is 0 Å². The molecule has 0 saturated carbocycles. The predicted octanol–water partition coefficient (Wildman–Crippen LogP) is 2.64. The van der Waals surface area contributed by atoms with Crippen LogP contribution in [0.3, 0.4) is 0 Å². The Kier molecular flexibility index (Phi) is 3.57. The van der Waals surface area contributed by atoms with Crippen LogP contribution in [0.2, 0.25) is 0 Å².